The largest absolute Gasteiger partial charge is 0.502 e. The molecule has 16 heavy (non-hydrogen) atoms. The molecule has 1 aliphatic rings. The van der Waals surface area contributed by atoms with Crippen molar-refractivity contribution < 1.29 is 9.52 Å². The molecule has 0 aromatic carbocycles. The van der Waals surface area contributed by atoms with E-state index in [1.807, 2.05) is 0 Å². The fraction of sp³-hybridized carbons (Fsp3) is 0.545. The van der Waals surface area contributed by atoms with Crippen LogP contribution in [-0.2, 0) is 6.54 Å². The van der Waals surface area contributed by atoms with Gasteiger partial charge in [0.2, 0.25) is 5.43 Å². The monoisotopic (exact) mass is 224 g/mol. The van der Waals surface area contributed by atoms with E-state index in [1.165, 1.54) is 6.07 Å². The van der Waals surface area contributed by atoms with E-state index in [4.69, 9.17) is 15.3 Å². The van der Waals surface area contributed by atoms with E-state index in [0.29, 0.717) is 24.9 Å². The number of rotatable bonds is 3. The highest BCUT2D eigenvalue weighted by Gasteiger charge is 2.23. The van der Waals surface area contributed by atoms with Crippen LogP contribution in [0.25, 0.3) is 0 Å². The van der Waals surface area contributed by atoms with Gasteiger partial charge < -0.3 is 15.3 Å². The maximum Gasteiger partial charge on any atom is 0.226 e. The summed E-state index contributed by atoms with van der Waals surface area (Å²) in [6.45, 7) is 2.19. The highest BCUT2D eigenvalue weighted by molar-refractivity contribution is 5.15. The molecule has 88 valence electrons. The van der Waals surface area contributed by atoms with Crippen molar-refractivity contribution in [2.24, 2.45) is 5.73 Å². The third-order valence-electron chi connectivity index (χ3n) is 3.00. The fourth-order valence-electron chi connectivity index (χ4n) is 2.10. The summed E-state index contributed by atoms with van der Waals surface area (Å²) in [5.74, 6) is 0.226. The summed E-state index contributed by atoms with van der Waals surface area (Å²) in [6, 6.07) is 1.71. The molecule has 5 heteroatoms. The van der Waals surface area contributed by atoms with E-state index in [0.717, 1.165) is 25.6 Å². The Morgan fingerprint density at radius 1 is 1.62 bits per heavy atom. The predicted octanol–water partition coefficient (Wildman–Crippen LogP) is 0.268. The Kier molecular flexibility index (Phi) is 3.26. The van der Waals surface area contributed by atoms with Crippen LogP contribution in [0.1, 0.15) is 18.6 Å². The fourth-order valence-corrected chi connectivity index (χ4v) is 2.10. The van der Waals surface area contributed by atoms with Gasteiger partial charge in [-0.2, -0.15) is 0 Å². The molecule has 0 bridgehead atoms. The van der Waals surface area contributed by atoms with Crippen LogP contribution in [0.5, 0.6) is 5.75 Å². The Hall–Kier alpha value is -1.33. The maximum absolute atomic E-state index is 11.2. The Labute approximate surface area is 93.5 Å². The molecule has 1 aromatic heterocycles. The van der Waals surface area contributed by atoms with Crippen LogP contribution >= 0.6 is 0 Å². The van der Waals surface area contributed by atoms with E-state index in [-0.39, 0.29) is 5.75 Å². The molecular formula is C11H16N2O3. The number of hydrogen-bond donors (Lipinski definition) is 2. The van der Waals surface area contributed by atoms with Crippen molar-refractivity contribution in [1.29, 1.82) is 0 Å². The third-order valence-corrected chi connectivity index (χ3v) is 3.00. The Bertz CT molecular complexity index is 416. The zero-order chi connectivity index (χ0) is 11.5. The molecule has 0 saturated carbocycles. The van der Waals surface area contributed by atoms with Gasteiger partial charge in [0.25, 0.3) is 0 Å². The van der Waals surface area contributed by atoms with Crippen LogP contribution < -0.4 is 11.2 Å². The maximum atomic E-state index is 11.2. The number of likely N-dealkylation sites (tertiary alicyclic amines) is 1. The van der Waals surface area contributed by atoms with Crippen molar-refractivity contribution in [3.05, 3.63) is 28.3 Å². The highest BCUT2D eigenvalue weighted by atomic mass is 16.4. The van der Waals surface area contributed by atoms with Crippen molar-refractivity contribution in [3.63, 3.8) is 0 Å². The lowest BCUT2D eigenvalue weighted by Crippen LogP contribution is -2.34. The summed E-state index contributed by atoms with van der Waals surface area (Å²) >= 11 is 0. The topological polar surface area (TPSA) is 79.7 Å². The average molecular weight is 224 g/mol. The second kappa shape index (κ2) is 4.67. The summed E-state index contributed by atoms with van der Waals surface area (Å²) in [7, 11) is 0. The predicted molar refractivity (Wildman–Crippen MR) is 59.1 cm³/mol. The van der Waals surface area contributed by atoms with Crippen LogP contribution in [0, 0.1) is 0 Å². The SMILES string of the molecule is NCC1CCCN1Cc1cc(=O)c(O)co1. The van der Waals surface area contributed by atoms with Crippen LogP contribution in [0.4, 0.5) is 0 Å². The van der Waals surface area contributed by atoms with Gasteiger partial charge >= 0.3 is 0 Å². The number of nitrogens with two attached hydrogens (primary N) is 1. The van der Waals surface area contributed by atoms with E-state index in [2.05, 4.69) is 4.90 Å². The first-order chi connectivity index (χ1) is 7.70. The van der Waals surface area contributed by atoms with Gasteiger partial charge in [-0.1, -0.05) is 0 Å². The average Bonchev–Trinajstić information content (AvgIpc) is 2.71. The lowest BCUT2D eigenvalue weighted by atomic mass is 10.2. The lowest BCUT2D eigenvalue weighted by Gasteiger charge is -2.21. The Morgan fingerprint density at radius 2 is 2.44 bits per heavy atom. The van der Waals surface area contributed by atoms with E-state index in [1.54, 1.807) is 0 Å². The molecule has 1 saturated heterocycles. The first kappa shape index (κ1) is 11.2. The van der Waals surface area contributed by atoms with Gasteiger partial charge in [0.1, 0.15) is 12.0 Å². The second-order valence-electron chi connectivity index (χ2n) is 4.10. The molecule has 1 atom stereocenters. The minimum atomic E-state index is -0.398. The first-order valence-electron chi connectivity index (χ1n) is 5.45. The van der Waals surface area contributed by atoms with Gasteiger partial charge in [-0.05, 0) is 19.4 Å². The van der Waals surface area contributed by atoms with Gasteiger partial charge in [-0.15, -0.1) is 0 Å². The minimum Gasteiger partial charge on any atom is -0.502 e. The van der Waals surface area contributed by atoms with Gasteiger partial charge in [-0.25, -0.2) is 0 Å². The van der Waals surface area contributed by atoms with Gasteiger partial charge in [0, 0.05) is 18.7 Å². The first-order valence-corrected chi connectivity index (χ1v) is 5.45. The van der Waals surface area contributed by atoms with Crippen molar-refractivity contribution in [2.75, 3.05) is 13.1 Å². The molecule has 0 aliphatic carbocycles. The van der Waals surface area contributed by atoms with Crippen molar-refractivity contribution in [1.82, 2.24) is 4.90 Å². The van der Waals surface area contributed by atoms with E-state index >= 15 is 0 Å². The standard InChI is InChI=1S/C11H16N2O3/c12-5-8-2-1-3-13(8)6-9-4-10(14)11(15)7-16-9/h4,7-8,15H,1-3,5-6,12H2. The molecule has 1 aliphatic heterocycles. The van der Waals surface area contributed by atoms with Crippen LogP contribution in [0.2, 0.25) is 0 Å². The quantitative estimate of drug-likeness (QED) is 0.770. The van der Waals surface area contributed by atoms with Gasteiger partial charge in [0.15, 0.2) is 5.75 Å². The van der Waals surface area contributed by atoms with Gasteiger partial charge in [-0.3, -0.25) is 9.69 Å². The molecular weight excluding hydrogens is 208 g/mol. The Balaban J connectivity index is 2.08. The minimum absolute atomic E-state index is 0.347. The molecule has 3 N–H and O–H groups in total. The molecule has 1 unspecified atom stereocenters. The van der Waals surface area contributed by atoms with Crippen molar-refractivity contribution in [2.45, 2.75) is 25.4 Å². The van der Waals surface area contributed by atoms with Gasteiger partial charge in [0.05, 0.1) is 6.54 Å². The highest BCUT2D eigenvalue weighted by Crippen LogP contribution is 2.19. The number of nitrogens with zero attached hydrogens (tertiary/aromatic N) is 1. The summed E-state index contributed by atoms with van der Waals surface area (Å²) < 4.78 is 5.16. The van der Waals surface area contributed by atoms with Crippen LogP contribution in [-0.4, -0.2) is 29.1 Å². The molecule has 2 rings (SSSR count). The molecule has 0 radical (unpaired) electrons. The zero-order valence-corrected chi connectivity index (χ0v) is 9.06. The molecule has 2 heterocycles. The smallest absolute Gasteiger partial charge is 0.226 e. The molecule has 0 spiro atoms. The Morgan fingerprint density at radius 3 is 3.12 bits per heavy atom. The molecule has 5 nitrogen and oxygen atoms in total. The second-order valence-corrected chi connectivity index (χ2v) is 4.10. The normalized spacial score (nSPS) is 21.4. The third kappa shape index (κ3) is 2.25. The summed E-state index contributed by atoms with van der Waals surface area (Å²) in [6.07, 6.45) is 3.31. The van der Waals surface area contributed by atoms with Crippen LogP contribution in [0.15, 0.2) is 21.5 Å². The van der Waals surface area contributed by atoms with Crippen molar-refractivity contribution >= 4 is 0 Å². The number of hydrogen-bond acceptors (Lipinski definition) is 5. The summed E-state index contributed by atoms with van der Waals surface area (Å²) in [5.41, 5.74) is 5.26. The van der Waals surface area contributed by atoms with Crippen molar-refractivity contribution in [3.8, 4) is 5.75 Å². The van der Waals surface area contributed by atoms with Crippen LogP contribution in [0.3, 0.4) is 0 Å². The molecule has 0 amide bonds. The number of aromatic hydroxyl groups is 1. The molecule has 1 aromatic rings. The zero-order valence-electron chi connectivity index (χ0n) is 9.06. The molecule has 1 fully saturated rings. The van der Waals surface area contributed by atoms with E-state index < -0.39 is 5.43 Å². The summed E-state index contributed by atoms with van der Waals surface area (Å²) in [5, 5.41) is 9.06. The lowest BCUT2D eigenvalue weighted by molar-refractivity contribution is 0.226. The van der Waals surface area contributed by atoms with E-state index in [9.17, 15) is 4.79 Å². The summed E-state index contributed by atoms with van der Waals surface area (Å²) in [4.78, 5) is 13.4.